The van der Waals surface area contributed by atoms with E-state index in [-0.39, 0.29) is 0 Å². The molecule has 3 rings (SSSR count). The SMILES string of the molecule is Nc1ccc2nc(S(=O)Cc3cccs3)[nH]c2c1. The summed E-state index contributed by atoms with van der Waals surface area (Å²) in [6.45, 7) is 0. The lowest BCUT2D eigenvalue weighted by atomic mass is 10.3. The maximum Gasteiger partial charge on any atom is 0.197 e. The number of nitrogens with one attached hydrogen (secondary N) is 1. The number of hydrogen-bond acceptors (Lipinski definition) is 4. The summed E-state index contributed by atoms with van der Waals surface area (Å²) in [5.74, 6) is 0.493. The molecule has 0 amide bonds. The number of benzene rings is 1. The highest BCUT2D eigenvalue weighted by Gasteiger charge is 2.11. The number of thiophene rings is 1. The number of nitrogens with zero attached hydrogens (tertiary/aromatic N) is 1. The predicted octanol–water partition coefficient (Wildman–Crippen LogP) is 2.51. The molecule has 0 fully saturated rings. The van der Waals surface area contributed by atoms with E-state index in [1.165, 1.54) is 0 Å². The maximum absolute atomic E-state index is 12.2. The van der Waals surface area contributed by atoms with E-state index < -0.39 is 10.8 Å². The van der Waals surface area contributed by atoms with Gasteiger partial charge < -0.3 is 10.7 Å². The second-order valence-electron chi connectivity index (χ2n) is 3.89. The van der Waals surface area contributed by atoms with Gasteiger partial charge in [0.05, 0.1) is 27.6 Å². The minimum Gasteiger partial charge on any atom is -0.399 e. The van der Waals surface area contributed by atoms with E-state index in [1.54, 1.807) is 23.5 Å². The number of rotatable bonds is 3. The molecule has 0 saturated heterocycles. The van der Waals surface area contributed by atoms with Crippen LogP contribution in [0.2, 0.25) is 0 Å². The zero-order valence-electron chi connectivity index (χ0n) is 9.42. The van der Waals surface area contributed by atoms with E-state index in [0.717, 1.165) is 15.9 Å². The number of imidazole rings is 1. The zero-order valence-corrected chi connectivity index (χ0v) is 11.1. The number of H-pyrrole nitrogens is 1. The predicted molar refractivity (Wildman–Crippen MR) is 74.9 cm³/mol. The third kappa shape index (κ3) is 2.16. The van der Waals surface area contributed by atoms with E-state index >= 15 is 0 Å². The van der Waals surface area contributed by atoms with Gasteiger partial charge in [0, 0.05) is 10.6 Å². The Morgan fingerprint density at radius 2 is 2.28 bits per heavy atom. The van der Waals surface area contributed by atoms with Gasteiger partial charge in [0.1, 0.15) is 0 Å². The van der Waals surface area contributed by atoms with Crippen molar-refractivity contribution < 1.29 is 4.21 Å². The molecule has 2 heterocycles. The molecule has 0 spiro atoms. The summed E-state index contributed by atoms with van der Waals surface area (Å²) >= 11 is 1.60. The van der Waals surface area contributed by atoms with Gasteiger partial charge >= 0.3 is 0 Å². The molecule has 6 heteroatoms. The monoisotopic (exact) mass is 277 g/mol. The Labute approximate surface area is 110 Å². The largest absolute Gasteiger partial charge is 0.399 e. The van der Waals surface area contributed by atoms with Gasteiger partial charge in [0.2, 0.25) is 0 Å². The van der Waals surface area contributed by atoms with Crippen LogP contribution in [0.5, 0.6) is 0 Å². The lowest BCUT2D eigenvalue weighted by molar-refractivity contribution is 0.677. The summed E-state index contributed by atoms with van der Waals surface area (Å²) in [6.07, 6.45) is 0. The molecule has 3 N–H and O–H groups in total. The summed E-state index contributed by atoms with van der Waals surface area (Å²) in [5, 5.41) is 2.48. The van der Waals surface area contributed by atoms with Crippen LogP contribution in [0.15, 0.2) is 40.9 Å². The fourth-order valence-electron chi connectivity index (χ4n) is 1.70. The van der Waals surface area contributed by atoms with Gasteiger partial charge in [-0.25, -0.2) is 4.98 Å². The molecule has 18 heavy (non-hydrogen) atoms. The lowest BCUT2D eigenvalue weighted by Crippen LogP contribution is -1.96. The van der Waals surface area contributed by atoms with Gasteiger partial charge in [-0.2, -0.15) is 0 Å². The van der Waals surface area contributed by atoms with Crippen LogP contribution in [0.25, 0.3) is 11.0 Å². The summed E-state index contributed by atoms with van der Waals surface area (Å²) in [6, 6.07) is 9.34. The van der Waals surface area contributed by atoms with E-state index in [9.17, 15) is 4.21 Å². The highest BCUT2D eigenvalue weighted by Crippen LogP contribution is 2.19. The van der Waals surface area contributed by atoms with Crippen LogP contribution >= 0.6 is 11.3 Å². The van der Waals surface area contributed by atoms with Crippen LogP contribution in [0.3, 0.4) is 0 Å². The van der Waals surface area contributed by atoms with Crippen molar-refractivity contribution in [3.05, 3.63) is 40.6 Å². The van der Waals surface area contributed by atoms with Crippen molar-refractivity contribution in [3.63, 3.8) is 0 Å². The van der Waals surface area contributed by atoms with Gasteiger partial charge in [0.25, 0.3) is 0 Å². The van der Waals surface area contributed by atoms with Crippen LogP contribution in [-0.4, -0.2) is 14.2 Å². The number of fused-ring (bicyclic) bond motifs is 1. The van der Waals surface area contributed by atoms with E-state index in [2.05, 4.69) is 9.97 Å². The zero-order chi connectivity index (χ0) is 12.5. The average Bonchev–Trinajstić information content (AvgIpc) is 2.96. The summed E-state index contributed by atoms with van der Waals surface area (Å²) in [7, 11) is -1.15. The van der Waals surface area contributed by atoms with Gasteiger partial charge in [-0.3, -0.25) is 4.21 Å². The Hall–Kier alpha value is -1.66. The number of aromatic amines is 1. The summed E-state index contributed by atoms with van der Waals surface area (Å²) < 4.78 is 12.2. The normalized spacial score (nSPS) is 12.9. The highest BCUT2D eigenvalue weighted by atomic mass is 32.2. The van der Waals surface area contributed by atoms with Gasteiger partial charge in [0.15, 0.2) is 5.16 Å². The first kappa shape index (κ1) is 11.4. The Morgan fingerprint density at radius 3 is 3.06 bits per heavy atom. The quantitative estimate of drug-likeness (QED) is 0.723. The topological polar surface area (TPSA) is 71.8 Å². The molecule has 0 aliphatic rings. The van der Waals surface area contributed by atoms with Crippen molar-refractivity contribution in [2.24, 2.45) is 0 Å². The van der Waals surface area contributed by atoms with Crippen LogP contribution in [0.4, 0.5) is 5.69 Å². The Bertz CT molecular complexity index is 703. The first-order valence-electron chi connectivity index (χ1n) is 5.38. The standard InChI is InChI=1S/C12H11N3OS2/c13-8-3-4-10-11(6-8)15-12(14-10)18(16)7-9-2-1-5-17-9/h1-6H,7,13H2,(H,14,15). The van der Waals surface area contributed by atoms with Crippen LogP contribution < -0.4 is 5.73 Å². The molecule has 1 aromatic carbocycles. The molecule has 2 aromatic heterocycles. The minimum absolute atomic E-state index is 0.493. The van der Waals surface area contributed by atoms with E-state index in [0.29, 0.717) is 16.6 Å². The molecule has 3 aromatic rings. The maximum atomic E-state index is 12.2. The minimum atomic E-state index is -1.15. The average molecular weight is 277 g/mol. The summed E-state index contributed by atoms with van der Waals surface area (Å²) in [5.41, 5.74) is 7.98. The number of aromatic nitrogens is 2. The number of nitrogens with two attached hydrogens (primary N) is 1. The molecule has 0 saturated carbocycles. The second-order valence-corrected chi connectivity index (χ2v) is 6.29. The molecule has 1 unspecified atom stereocenters. The van der Waals surface area contributed by atoms with Gasteiger partial charge in [-0.05, 0) is 29.6 Å². The molecular weight excluding hydrogens is 266 g/mol. The third-order valence-electron chi connectivity index (χ3n) is 2.55. The first-order chi connectivity index (χ1) is 8.72. The molecule has 92 valence electrons. The molecule has 1 atom stereocenters. The van der Waals surface area contributed by atoms with Crippen molar-refractivity contribution in [1.82, 2.24) is 9.97 Å². The molecule has 0 bridgehead atoms. The van der Waals surface area contributed by atoms with Crippen molar-refractivity contribution in [3.8, 4) is 0 Å². The number of hydrogen-bond donors (Lipinski definition) is 2. The van der Waals surface area contributed by atoms with Crippen LogP contribution in [0.1, 0.15) is 4.88 Å². The van der Waals surface area contributed by atoms with Crippen molar-refractivity contribution in [2.45, 2.75) is 10.9 Å². The van der Waals surface area contributed by atoms with Gasteiger partial charge in [-0.15, -0.1) is 11.3 Å². The Morgan fingerprint density at radius 1 is 1.39 bits per heavy atom. The van der Waals surface area contributed by atoms with Crippen LogP contribution in [0, 0.1) is 0 Å². The van der Waals surface area contributed by atoms with Crippen LogP contribution in [-0.2, 0) is 16.6 Å². The first-order valence-corrected chi connectivity index (χ1v) is 7.58. The Balaban J connectivity index is 1.92. The number of nitrogen functional groups attached to an aromatic ring is 1. The molecule has 0 aliphatic carbocycles. The third-order valence-corrected chi connectivity index (χ3v) is 4.81. The van der Waals surface area contributed by atoms with Crippen molar-refractivity contribution in [2.75, 3.05) is 5.73 Å². The molecule has 4 nitrogen and oxygen atoms in total. The molecule has 0 aliphatic heterocycles. The van der Waals surface area contributed by atoms with Crippen molar-refractivity contribution >= 4 is 38.9 Å². The fourth-order valence-corrected chi connectivity index (χ4v) is 3.70. The molecular formula is C12H11N3OS2. The summed E-state index contributed by atoms with van der Waals surface area (Å²) in [4.78, 5) is 8.48. The number of anilines is 1. The Kier molecular flexibility index (Phi) is 2.89. The smallest absolute Gasteiger partial charge is 0.197 e. The highest BCUT2D eigenvalue weighted by molar-refractivity contribution is 7.84. The van der Waals surface area contributed by atoms with E-state index in [1.807, 2.05) is 23.6 Å². The van der Waals surface area contributed by atoms with Gasteiger partial charge in [-0.1, -0.05) is 6.07 Å². The fraction of sp³-hybridized carbons (Fsp3) is 0.0833. The van der Waals surface area contributed by atoms with Crippen molar-refractivity contribution in [1.29, 1.82) is 0 Å². The van der Waals surface area contributed by atoms with E-state index in [4.69, 9.17) is 5.73 Å². The lowest BCUT2D eigenvalue weighted by Gasteiger charge is -1.94. The second kappa shape index (κ2) is 4.55. The molecule has 0 radical (unpaired) electrons.